The maximum atomic E-state index is 5.43. The maximum Gasteiger partial charge on any atom is 0.500 e. The van der Waals surface area contributed by atoms with E-state index in [4.69, 9.17) is 13.3 Å². The molecule has 0 amide bonds. The van der Waals surface area contributed by atoms with Crippen LogP contribution in [0.15, 0.2) is 12.7 Å². The molecule has 0 spiro atoms. The molecule has 0 saturated heterocycles. The fraction of sp³-hybridized carbons (Fsp3) is 0.833. The fourth-order valence-corrected chi connectivity index (χ4v) is 3.79. The average Bonchev–Trinajstić information content (AvgIpc) is 2.36. The van der Waals surface area contributed by atoms with Crippen molar-refractivity contribution in [2.75, 3.05) is 34.9 Å². The van der Waals surface area contributed by atoms with Crippen LogP contribution >= 0.6 is 0 Å². The van der Waals surface area contributed by atoms with Crippen molar-refractivity contribution in [3.05, 3.63) is 12.7 Å². The first-order chi connectivity index (χ1) is 8.09. The minimum absolute atomic E-state index is 0.514. The van der Waals surface area contributed by atoms with Gasteiger partial charge in [-0.25, -0.2) is 0 Å². The molecule has 0 aromatic heterocycles. The Morgan fingerprint density at radius 2 is 1.76 bits per heavy atom. The van der Waals surface area contributed by atoms with Crippen molar-refractivity contribution >= 4 is 8.80 Å². The van der Waals surface area contributed by atoms with E-state index in [-0.39, 0.29) is 0 Å². The summed E-state index contributed by atoms with van der Waals surface area (Å²) in [6, 6.07) is 1.36. The molecule has 1 atom stereocenters. The molecule has 0 aliphatic heterocycles. The highest BCUT2D eigenvalue weighted by Crippen LogP contribution is 2.19. The minimum Gasteiger partial charge on any atom is -0.377 e. The zero-order valence-electron chi connectivity index (χ0n) is 11.9. The van der Waals surface area contributed by atoms with Gasteiger partial charge < -0.3 is 13.3 Å². The lowest BCUT2D eigenvalue weighted by Crippen LogP contribution is -2.44. The molecule has 0 fully saturated rings. The normalized spacial score (nSPS) is 14.0. The largest absolute Gasteiger partial charge is 0.500 e. The van der Waals surface area contributed by atoms with Gasteiger partial charge in [-0.15, -0.1) is 6.58 Å². The highest BCUT2D eigenvalue weighted by molar-refractivity contribution is 6.60. The van der Waals surface area contributed by atoms with E-state index in [1.54, 1.807) is 21.3 Å². The third-order valence-electron chi connectivity index (χ3n) is 3.23. The molecule has 0 saturated carbocycles. The first-order valence-corrected chi connectivity index (χ1v) is 7.98. The Bertz CT molecular complexity index is 202. The predicted molar refractivity (Wildman–Crippen MR) is 73.1 cm³/mol. The van der Waals surface area contributed by atoms with Gasteiger partial charge in [-0.2, -0.15) is 0 Å². The lowest BCUT2D eigenvalue weighted by molar-refractivity contribution is 0.118. The van der Waals surface area contributed by atoms with E-state index in [0.29, 0.717) is 6.04 Å². The van der Waals surface area contributed by atoms with Gasteiger partial charge in [0.25, 0.3) is 0 Å². The number of nitrogens with zero attached hydrogens (tertiary/aromatic N) is 1. The zero-order valence-corrected chi connectivity index (χ0v) is 12.9. The van der Waals surface area contributed by atoms with Gasteiger partial charge >= 0.3 is 8.80 Å². The van der Waals surface area contributed by atoms with Crippen LogP contribution in [0.2, 0.25) is 6.04 Å². The van der Waals surface area contributed by atoms with Gasteiger partial charge in [0.2, 0.25) is 0 Å². The second-order valence-corrected chi connectivity index (χ2v) is 7.22. The van der Waals surface area contributed by atoms with Crippen LogP contribution in [0, 0.1) is 0 Å². The molecule has 0 aromatic carbocycles. The second kappa shape index (κ2) is 8.83. The summed E-state index contributed by atoms with van der Waals surface area (Å²) in [5.74, 6) is 0. The summed E-state index contributed by atoms with van der Waals surface area (Å²) in [5, 5.41) is 0. The molecule has 0 rings (SSSR count). The van der Waals surface area contributed by atoms with Crippen molar-refractivity contribution in [2.24, 2.45) is 0 Å². The lowest BCUT2D eigenvalue weighted by atomic mass is 10.1. The third kappa shape index (κ3) is 5.31. The van der Waals surface area contributed by atoms with Crippen LogP contribution < -0.4 is 0 Å². The third-order valence-corrected chi connectivity index (χ3v) is 6.00. The molecule has 0 N–H and O–H groups in total. The van der Waals surface area contributed by atoms with E-state index >= 15 is 0 Å². The Morgan fingerprint density at radius 1 is 1.24 bits per heavy atom. The van der Waals surface area contributed by atoms with Crippen LogP contribution in [0.1, 0.15) is 19.8 Å². The number of hydrogen-bond acceptors (Lipinski definition) is 4. The number of rotatable bonds is 10. The van der Waals surface area contributed by atoms with E-state index in [2.05, 4.69) is 25.5 Å². The molecule has 102 valence electrons. The summed E-state index contributed by atoms with van der Waals surface area (Å²) >= 11 is 0. The number of hydrogen-bond donors (Lipinski definition) is 0. The quantitative estimate of drug-likeness (QED) is 0.445. The van der Waals surface area contributed by atoms with Crippen LogP contribution in [-0.4, -0.2) is 54.7 Å². The average molecular weight is 261 g/mol. The van der Waals surface area contributed by atoms with Gasteiger partial charge in [0.1, 0.15) is 0 Å². The Balaban J connectivity index is 4.33. The molecule has 0 heterocycles. The Hall–Kier alpha value is -0.203. The second-order valence-electron chi connectivity index (χ2n) is 4.12. The van der Waals surface area contributed by atoms with Gasteiger partial charge in [0.05, 0.1) is 0 Å². The van der Waals surface area contributed by atoms with Crippen LogP contribution in [-0.2, 0) is 13.3 Å². The van der Waals surface area contributed by atoms with Gasteiger partial charge in [0, 0.05) is 40.0 Å². The minimum atomic E-state index is -2.42. The summed E-state index contributed by atoms with van der Waals surface area (Å²) in [6.07, 6.45) is 4.05. The molecular formula is C12H27NO3Si. The first kappa shape index (κ1) is 16.8. The van der Waals surface area contributed by atoms with E-state index < -0.39 is 8.80 Å². The Kier molecular flexibility index (Phi) is 8.72. The molecule has 0 aliphatic carbocycles. The van der Waals surface area contributed by atoms with Crippen molar-refractivity contribution in [1.82, 2.24) is 4.90 Å². The van der Waals surface area contributed by atoms with Gasteiger partial charge in [0.15, 0.2) is 0 Å². The lowest BCUT2D eigenvalue weighted by Gasteiger charge is -2.30. The zero-order chi connectivity index (χ0) is 13.3. The van der Waals surface area contributed by atoms with Gasteiger partial charge in [-0.1, -0.05) is 13.0 Å². The fourth-order valence-electron chi connectivity index (χ4n) is 1.99. The van der Waals surface area contributed by atoms with E-state index in [0.717, 1.165) is 25.4 Å². The summed E-state index contributed by atoms with van der Waals surface area (Å²) in [7, 11) is 4.68. The van der Waals surface area contributed by atoms with Crippen molar-refractivity contribution in [2.45, 2.75) is 31.9 Å². The van der Waals surface area contributed by atoms with Gasteiger partial charge in [-0.05, 0) is 19.9 Å². The molecule has 0 aromatic rings. The maximum absolute atomic E-state index is 5.43. The van der Waals surface area contributed by atoms with Crippen molar-refractivity contribution in [3.8, 4) is 0 Å². The van der Waals surface area contributed by atoms with E-state index in [9.17, 15) is 0 Å². The molecule has 0 radical (unpaired) electrons. The summed E-state index contributed by atoms with van der Waals surface area (Å²) < 4.78 is 16.3. The predicted octanol–water partition coefficient (Wildman–Crippen LogP) is 2.15. The molecule has 1 unspecified atom stereocenters. The standard InChI is InChI=1S/C12H27NO3Si/c1-7-10-13(3)12(8-2)9-11-17(14-4,15-5)16-6/h7,12H,1,8-11H2,2-6H3. The highest BCUT2D eigenvalue weighted by Gasteiger charge is 2.38. The Labute approximate surface area is 107 Å². The topological polar surface area (TPSA) is 30.9 Å². The molecular weight excluding hydrogens is 234 g/mol. The summed E-state index contributed by atoms with van der Waals surface area (Å²) in [5.41, 5.74) is 0. The summed E-state index contributed by atoms with van der Waals surface area (Å²) in [4.78, 5) is 2.30. The van der Waals surface area contributed by atoms with Crippen LogP contribution in [0.4, 0.5) is 0 Å². The molecule has 0 aliphatic rings. The Morgan fingerprint density at radius 3 is 2.12 bits per heavy atom. The number of likely N-dealkylation sites (N-methyl/N-ethyl adjacent to an activating group) is 1. The van der Waals surface area contributed by atoms with Crippen molar-refractivity contribution in [3.63, 3.8) is 0 Å². The first-order valence-electron chi connectivity index (χ1n) is 6.05. The van der Waals surface area contributed by atoms with E-state index in [1.807, 2.05) is 6.08 Å². The monoisotopic (exact) mass is 261 g/mol. The molecule has 4 nitrogen and oxygen atoms in total. The highest BCUT2D eigenvalue weighted by atomic mass is 28.4. The molecule has 5 heteroatoms. The molecule has 17 heavy (non-hydrogen) atoms. The SMILES string of the molecule is C=CCN(C)C(CC)CC[Si](OC)(OC)OC. The van der Waals surface area contributed by atoms with Gasteiger partial charge in [-0.3, -0.25) is 4.90 Å². The van der Waals surface area contributed by atoms with E-state index in [1.165, 1.54) is 0 Å². The van der Waals surface area contributed by atoms with Crippen LogP contribution in [0.3, 0.4) is 0 Å². The van der Waals surface area contributed by atoms with Crippen molar-refractivity contribution in [1.29, 1.82) is 0 Å². The van der Waals surface area contributed by atoms with Crippen LogP contribution in [0.5, 0.6) is 0 Å². The smallest absolute Gasteiger partial charge is 0.377 e. The molecule has 0 bridgehead atoms. The van der Waals surface area contributed by atoms with Crippen LogP contribution in [0.25, 0.3) is 0 Å². The summed E-state index contributed by atoms with van der Waals surface area (Å²) in [6.45, 7) is 6.86. The van der Waals surface area contributed by atoms with Crippen molar-refractivity contribution < 1.29 is 13.3 Å².